The van der Waals surface area contributed by atoms with Crippen LogP contribution >= 0.6 is 11.6 Å². The van der Waals surface area contributed by atoms with E-state index < -0.39 is 0 Å². The normalized spacial score (nSPS) is 12.2. The Kier molecular flexibility index (Phi) is 4.43. The topological polar surface area (TPSA) is 12.0 Å². The van der Waals surface area contributed by atoms with Gasteiger partial charge in [-0.3, -0.25) is 0 Å². The lowest BCUT2D eigenvalue weighted by Gasteiger charge is -2.20. The molecule has 0 aromatic heterocycles. The Morgan fingerprint density at radius 2 is 1.84 bits per heavy atom. The van der Waals surface area contributed by atoms with Gasteiger partial charge in [0, 0.05) is 0 Å². The molecule has 0 saturated carbocycles. The molecule has 3 heteroatoms. The smallest absolute Gasteiger partial charge is 0.123 e. The lowest BCUT2D eigenvalue weighted by molar-refractivity contribution is 0.625. The summed E-state index contributed by atoms with van der Waals surface area (Å²) in [4.78, 5) is 0. The highest BCUT2D eigenvalue weighted by Crippen LogP contribution is 2.28. The maximum absolute atomic E-state index is 12.9. The van der Waals surface area contributed by atoms with E-state index in [9.17, 15) is 4.39 Å². The van der Waals surface area contributed by atoms with Gasteiger partial charge in [-0.2, -0.15) is 0 Å². The van der Waals surface area contributed by atoms with E-state index in [1.165, 1.54) is 12.1 Å². The molecule has 2 rings (SSSR count). The summed E-state index contributed by atoms with van der Waals surface area (Å²) >= 11 is 6.22. The Bertz CT molecular complexity index is 551. The van der Waals surface area contributed by atoms with E-state index in [2.05, 4.69) is 12.2 Å². The Hall–Kier alpha value is -1.54. The molecule has 0 amide bonds. The van der Waals surface area contributed by atoms with Crippen LogP contribution in [-0.2, 0) is 0 Å². The molecule has 2 aromatic rings. The maximum Gasteiger partial charge on any atom is 0.123 e. The van der Waals surface area contributed by atoms with Gasteiger partial charge in [0.15, 0.2) is 0 Å². The van der Waals surface area contributed by atoms with E-state index in [0.29, 0.717) is 5.02 Å². The number of anilines is 1. The van der Waals surface area contributed by atoms with Crippen LogP contribution in [0.2, 0.25) is 5.02 Å². The molecule has 0 saturated heterocycles. The molecule has 1 N–H and O–H groups in total. The standard InChI is InChI=1S/C16H17ClFN/c1-3-15(12-5-7-13(18)8-6-12)19-16-9-4-11(2)10-14(16)17/h4-10,15,19H,3H2,1-2H3. The number of hydrogen-bond acceptors (Lipinski definition) is 1. The van der Waals surface area contributed by atoms with Crippen molar-refractivity contribution in [1.29, 1.82) is 0 Å². The Balaban J connectivity index is 2.21. The van der Waals surface area contributed by atoms with Crippen LogP contribution in [0.15, 0.2) is 42.5 Å². The van der Waals surface area contributed by atoms with Crippen molar-refractivity contribution in [2.24, 2.45) is 0 Å². The molecule has 0 fully saturated rings. The highest BCUT2D eigenvalue weighted by Gasteiger charge is 2.11. The summed E-state index contributed by atoms with van der Waals surface area (Å²) in [5.74, 6) is -0.216. The van der Waals surface area contributed by atoms with Crippen molar-refractivity contribution in [3.63, 3.8) is 0 Å². The third-order valence-corrected chi connectivity index (χ3v) is 3.45. The van der Waals surface area contributed by atoms with E-state index in [-0.39, 0.29) is 11.9 Å². The quantitative estimate of drug-likeness (QED) is 0.794. The summed E-state index contributed by atoms with van der Waals surface area (Å²) in [5.41, 5.74) is 3.09. The second kappa shape index (κ2) is 6.07. The summed E-state index contributed by atoms with van der Waals surface area (Å²) in [5, 5.41) is 4.11. The fraction of sp³-hybridized carbons (Fsp3) is 0.250. The van der Waals surface area contributed by atoms with Gasteiger partial charge in [0.25, 0.3) is 0 Å². The Morgan fingerprint density at radius 3 is 2.42 bits per heavy atom. The average molecular weight is 278 g/mol. The summed E-state index contributed by atoms with van der Waals surface area (Å²) < 4.78 is 12.9. The largest absolute Gasteiger partial charge is 0.377 e. The van der Waals surface area contributed by atoms with Gasteiger partial charge in [-0.15, -0.1) is 0 Å². The first kappa shape index (κ1) is 13.9. The second-order valence-corrected chi connectivity index (χ2v) is 5.05. The van der Waals surface area contributed by atoms with Crippen LogP contribution < -0.4 is 5.32 Å². The number of benzene rings is 2. The van der Waals surface area contributed by atoms with Crippen LogP contribution in [0.5, 0.6) is 0 Å². The zero-order valence-corrected chi connectivity index (χ0v) is 11.8. The Labute approximate surface area is 118 Å². The zero-order valence-electron chi connectivity index (χ0n) is 11.1. The van der Waals surface area contributed by atoms with E-state index in [4.69, 9.17) is 11.6 Å². The predicted molar refractivity (Wildman–Crippen MR) is 79.2 cm³/mol. The van der Waals surface area contributed by atoms with Crippen molar-refractivity contribution in [3.05, 3.63) is 64.4 Å². The van der Waals surface area contributed by atoms with Gasteiger partial charge in [0.2, 0.25) is 0 Å². The molecule has 0 spiro atoms. The highest BCUT2D eigenvalue weighted by atomic mass is 35.5. The van der Waals surface area contributed by atoms with Crippen LogP contribution in [-0.4, -0.2) is 0 Å². The van der Waals surface area contributed by atoms with Gasteiger partial charge in [0.1, 0.15) is 5.82 Å². The predicted octanol–water partition coefficient (Wildman–Crippen LogP) is 5.35. The van der Waals surface area contributed by atoms with Gasteiger partial charge in [-0.05, 0) is 48.7 Å². The van der Waals surface area contributed by atoms with Crippen LogP contribution in [0.4, 0.5) is 10.1 Å². The fourth-order valence-corrected chi connectivity index (χ4v) is 2.33. The third kappa shape index (κ3) is 3.48. The van der Waals surface area contributed by atoms with Gasteiger partial charge in [0.05, 0.1) is 16.8 Å². The number of hydrogen-bond donors (Lipinski definition) is 1. The Morgan fingerprint density at radius 1 is 1.16 bits per heavy atom. The monoisotopic (exact) mass is 277 g/mol. The van der Waals surface area contributed by atoms with Gasteiger partial charge in [-0.1, -0.05) is 36.7 Å². The average Bonchev–Trinajstić information content (AvgIpc) is 2.39. The van der Waals surface area contributed by atoms with E-state index in [0.717, 1.165) is 23.2 Å². The summed E-state index contributed by atoms with van der Waals surface area (Å²) in [6, 6.07) is 12.6. The van der Waals surface area contributed by atoms with Crippen molar-refractivity contribution in [3.8, 4) is 0 Å². The fourth-order valence-electron chi connectivity index (χ4n) is 2.04. The first-order valence-corrected chi connectivity index (χ1v) is 6.76. The summed E-state index contributed by atoms with van der Waals surface area (Å²) in [6.45, 7) is 4.09. The van der Waals surface area contributed by atoms with Gasteiger partial charge in [-0.25, -0.2) is 4.39 Å². The molecule has 0 radical (unpaired) electrons. The third-order valence-electron chi connectivity index (χ3n) is 3.13. The highest BCUT2D eigenvalue weighted by molar-refractivity contribution is 6.33. The maximum atomic E-state index is 12.9. The van der Waals surface area contributed by atoms with Crippen molar-refractivity contribution in [2.75, 3.05) is 5.32 Å². The van der Waals surface area contributed by atoms with Crippen molar-refractivity contribution in [2.45, 2.75) is 26.3 Å². The minimum Gasteiger partial charge on any atom is -0.377 e. The second-order valence-electron chi connectivity index (χ2n) is 4.64. The molecule has 0 bridgehead atoms. The molecule has 100 valence electrons. The SMILES string of the molecule is CCC(Nc1ccc(C)cc1Cl)c1ccc(F)cc1. The van der Waals surface area contributed by atoms with Crippen molar-refractivity contribution < 1.29 is 4.39 Å². The number of halogens is 2. The van der Waals surface area contributed by atoms with Crippen LogP contribution in [0.1, 0.15) is 30.5 Å². The molecule has 0 aliphatic heterocycles. The van der Waals surface area contributed by atoms with E-state index >= 15 is 0 Å². The first-order chi connectivity index (χ1) is 9.10. The molecular formula is C16H17ClFN. The summed E-state index contributed by atoms with van der Waals surface area (Å²) in [7, 11) is 0. The van der Waals surface area contributed by atoms with Gasteiger partial charge >= 0.3 is 0 Å². The van der Waals surface area contributed by atoms with Crippen LogP contribution in [0.25, 0.3) is 0 Å². The minimum atomic E-state index is -0.216. The molecular weight excluding hydrogens is 261 g/mol. The zero-order chi connectivity index (χ0) is 13.8. The minimum absolute atomic E-state index is 0.126. The molecule has 19 heavy (non-hydrogen) atoms. The lowest BCUT2D eigenvalue weighted by Crippen LogP contribution is -2.10. The molecule has 2 aromatic carbocycles. The van der Waals surface area contributed by atoms with Crippen LogP contribution in [0.3, 0.4) is 0 Å². The number of aryl methyl sites for hydroxylation is 1. The first-order valence-electron chi connectivity index (χ1n) is 6.38. The molecule has 1 unspecified atom stereocenters. The van der Waals surface area contributed by atoms with Crippen LogP contribution in [0, 0.1) is 12.7 Å². The molecule has 0 heterocycles. The van der Waals surface area contributed by atoms with Crippen molar-refractivity contribution in [1.82, 2.24) is 0 Å². The number of rotatable bonds is 4. The molecule has 0 aliphatic carbocycles. The molecule has 1 nitrogen and oxygen atoms in total. The summed E-state index contributed by atoms with van der Waals surface area (Å²) in [6.07, 6.45) is 0.899. The number of nitrogens with one attached hydrogen (secondary N) is 1. The lowest BCUT2D eigenvalue weighted by atomic mass is 10.0. The van der Waals surface area contributed by atoms with Gasteiger partial charge < -0.3 is 5.32 Å². The van der Waals surface area contributed by atoms with E-state index in [1.54, 1.807) is 12.1 Å². The van der Waals surface area contributed by atoms with Crippen molar-refractivity contribution >= 4 is 17.3 Å². The molecule has 0 aliphatic rings. The van der Waals surface area contributed by atoms with E-state index in [1.807, 2.05) is 25.1 Å². The molecule has 1 atom stereocenters.